The number of rotatable bonds is 9. The van der Waals surface area contributed by atoms with Gasteiger partial charge in [-0.3, -0.25) is 4.79 Å². The van der Waals surface area contributed by atoms with Crippen LogP contribution in [-0.2, 0) is 9.59 Å². The predicted octanol–water partition coefficient (Wildman–Crippen LogP) is 3.05. The highest BCUT2D eigenvalue weighted by molar-refractivity contribution is 6.02. The second-order valence-corrected chi connectivity index (χ2v) is 7.08. The number of anilines is 1. The van der Waals surface area contributed by atoms with E-state index in [2.05, 4.69) is 5.32 Å². The molecule has 32 heavy (non-hydrogen) atoms. The second-order valence-electron chi connectivity index (χ2n) is 7.08. The molecule has 0 fully saturated rings. The summed E-state index contributed by atoms with van der Waals surface area (Å²) < 4.78 is 26.3. The molecule has 2 aromatic rings. The van der Waals surface area contributed by atoms with Crippen LogP contribution in [0.25, 0.3) is 6.08 Å². The number of methoxy groups -OCH3 is 4. The average Bonchev–Trinajstić information content (AvgIpc) is 2.76. The number of ether oxygens (including phenoxy) is 5. The summed E-state index contributed by atoms with van der Waals surface area (Å²) in [7, 11) is 5.94. The maximum absolute atomic E-state index is 12.5. The van der Waals surface area contributed by atoms with E-state index in [-0.39, 0.29) is 11.5 Å². The third-order valence-corrected chi connectivity index (χ3v) is 4.29. The Labute approximate surface area is 186 Å². The van der Waals surface area contributed by atoms with Crippen LogP contribution in [0.15, 0.2) is 36.4 Å². The maximum Gasteiger partial charge on any atom is 0.343 e. The fourth-order valence-electron chi connectivity index (χ4n) is 2.60. The number of amides is 1. The largest absolute Gasteiger partial charge is 0.496 e. The molecule has 0 radical (unpaired) electrons. The molecule has 0 heterocycles. The molecule has 2 rings (SSSR count). The van der Waals surface area contributed by atoms with E-state index in [9.17, 15) is 14.7 Å². The number of carbonyl (C=O) groups excluding carboxylic acids is 2. The molecule has 2 N–H and O–H groups in total. The number of hydrogen-bond donors (Lipinski definition) is 2. The third-order valence-electron chi connectivity index (χ3n) is 4.29. The van der Waals surface area contributed by atoms with Gasteiger partial charge in [-0.25, -0.2) is 4.79 Å². The Morgan fingerprint density at radius 3 is 1.97 bits per heavy atom. The van der Waals surface area contributed by atoms with Gasteiger partial charge in [-0.15, -0.1) is 0 Å². The highest BCUT2D eigenvalue weighted by atomic mass is 16.6. The van der Waals surface area contributed by atoms with Crippen LogP contribution in [0.3, 0.4) is 0 Å². The Kier molecular flexibility index (Phi) is 8.09. The quantitative estimate of drug-likeness (QED) is 0.344. The number of aliphatic hydroxyl groups is 1. The molecule has 0 aliphatic rings. The molecule has 172 valence electrons. The molecule has 1 amide bonds. The fraction of sp³-hybridized carbons (Fsp3) is 0.304. The lowest BCUT2D eigenvalue weighted by atomic mass is 10.1. The van der Waals surface area contributed by atoms with Gasteiger partial charge in [0.05, 0.1) is 34.0 Å². The van der Waals surface area contributed by atoms with Crippen LogP contribution >= 0.6 is 0 Å². The van der Waals surface area contributed by atoms with Crippen molar-refractivity contribution >= 4 is 23.6 Å². The molecule has 0 unspecified atom stereocenters. The third kappa shape index (κ3) is 6.14. The van der Waals surface area contributed by atoms with Crippen molar-refractivity contribution < 1.29 is 38.4 Å². The Balaban J connectivity index is 2.24. The summed E-state index contributed by atoms with van der Waals surface area (Å²) in [4.78, 5) is 24.5. The smallest absolute Gasteiger partial charge is 0.343 e. The van der Waals surface area contributed by atoms with Crippen molar-refractivity contribution in [1.82, 2.24) is 0 Å². The standard InChI is InChI=1S/C23H27NO8/c1-23(2,27)22(26)32-20-11-14(7-9-17(20)29-4)24-21(25)10-8-16-18(30-5)12-15(28-3)13-19(16)31-6/h7-13,27H,1-6H3,(H,24,25). The Hall–Kier alpha value is -3.72. The number of benzene rings is 2. The van der Waals surface area contributed by atoms with Crippen molar-refractivity contribution in [3.63, 3.8) is 0 Å². The Bertz CT molecular complexity index is 983. The molecular formula is C23H27NO8. The van der Waals surface area contributed by atoms with Gasteiger partial charge in [0, 0.05) is 30.0 Å². The number of nitrogens with one attached hydrogen (secondary N) is 1. The van der Waals surface area contributed by atoms with Crippen LogP contribution < -0.4 is 29.0 Å². The minimum Gasteiger partial charge on any atom is -0.496 e. The zero-order valence-electron chi connectivity index (χ0n) is 18.8. The van der Waals surface area contributed by atoms with E-state index in [0.717, 1.165) is 0 Å². The number of esters is 1. The van der Waals surface area contributed by atoms with Crippen LogP contribution in [0.2, 0.25) is 0 Å². The van der Waals surface area contributed by atoms with Gasteiger partial charge >= 0.3 is 5.97 Å². The van der Waals surface area contributed by atoms with Gasteiger partial charge < -0.3 is 34.1 Å². The normalized spacial score (nSPS) is 11.1. The summed E-state index contributed by atoms with van der Waals surface area (Å²) in [5.41, 5.74) is -0.781. The van der Waals surface area contributed by atoms with Crippen LogP contribution in [0.1, 0.15) is 19.4 Å². The van der Waals surface area contributed by atoms with Crippen molar-refractivity contribution in [3.05, 3.63) is 42.0 Å². The van der Waals surface area contributed by atoms with Gasteiger partial charge in [0.25, 0.3) is 0 Å². The fourth-order valence-corrected chi connectivity index (χ4v) is 2.60. The lowest BCUT2D eigenvalue weighted by molar-refractivity contribution is -0.151. The van der Waals surface area contributed by atoms with E-state index in [1.165, 1.54) is 60.5 Å². The molecule has 0 spiro atoms. The molecule has 0 atom stereocenters. The zero-order chi connectivity index (χ0) is 23.9. The van der Waals surface area contributed by atoms with Crippen LogP contribution in [0, 0.1) is 0 Å². The van der Waals surface area contributed by atoms with Gasteiger partial charge in [0.15, 0.2) is 17.1 Å². The highest BCUT2D eigenvalue weighted by Gasteiger charge is 2.27. The number of hydrogen-bond acceptors (Lipinski definition) is 8. The van der Waals surface area contributed by atoms with Gasteiger partial charge in [0.1, 0.15) is 17.2 Å². The molecular weight excluding hydrogens is 418 g/mol. The minimum atomic E-state index is -1.69. The van der Waals surface area contributed by atoms with E-state index in [0.29, 0.717) is 28.5 Å². The minimum absolute atomic E-state index is 0.0555. The summed E-state index contributed by atoms with van der Waals surface area (Å²) in [5, 5.41) is 12.5. The van der Waals surface area contributed by atoms with Crippen molar-refractivity contribution in [3.8, 4) is 28.7 Å². The second kappa shape index (κ2) is 10.5. The van der Waals surface area contributed by atoms with E-state index in [1.807, 2.05) is 0 Å². The predicted molar refractivity (Wildman–Crippen MR) is 119 cm³/mol. The number of carbonyl (C=O) groups is 2. The lowest BCUT2D eigenvalue weighted by Crippen LogP contribution is -2.35. The van der Waals surface area contributed by atoms with Gasteiger partial charge in [-0.1, -0.05) is 0 Å². The summed E-state index contributed by atoms with van der Waals surface area (Å²) in [5.74, 6) is 0.495. The van der Waals surface area contributed by atoms with E-state index < -0.39 is 17.5 Å². The van der Waals surface area contributed by atoms with Crippen molar-refractivity contribution in [2.75, 3.05) is 33.8 Å². The topological polar surface area (TPSA) is 113 Å². The summed E-state index contributed by atoms with van der Waals surface area (Å²) in [6.07, 6.45) is 2.85. The lowest BCUT2D eigenvalue weighted by Gasteiger charge is -2.17. The van der Waals surface area contributed by atoms with Gasteiger partial charge in [0.2, 0.25) is 5.91 Å². The first-order chi connectivity index (χ1) is 15.1. The first-order valence-corrected chi connectivity index (χ1v) is 9.54. The average molecular weight is 445 g/mol. The Morgan fingerprint density at radius 1 is 0.875 bits per heavy atom. The maximum atomic E-state index is 12.5. The highest BCUT2D eigenvalue weighted by Crippen LogP contribution is 2.35. The van der Waals surface area contributed by atoms with E-state index >= 15 is 0 Å². The SMILES string of the molecule is COc1cc(OC)c(C=CC(=O)Nc2ccc(OC)c(OC(=O)C(C)(C)O)c2)c(OC)c1. The van der Waals surface area contributed by atoms with Crippen LogP contribution in [-0.4, -0.2) is 51.0 Å². The molecule has 2 aromatic carbocycles. The molecule has 0 aliphatic carbocycles. The van der Waals surface area contributed by atoms with Crippen molar-refractivity contribution in [2.45, 2.75) is 19.4 Å². The van der Waals surface area contributed by atoms with Crippen molar-refractivity contribution in [1.29, 1.82) is 0 Å². The van der Waals surface area contributed by atoms with Crippen molar-refractivity contribution in [2.24, 2.45) is 0 Å². The first-order valence-electron chi connectivity index (χ1n) is 9.54. The molecule has 9 nitrogen and oxygen atoms in total. The van der Waals surface area contributed by atoms with Crippen LogP contribution in [0.5, 0.6) is 28.7 Å². The molecule has 0 saturated carbocycles. The summed E-state index contributed by atoms with van der Waals surface area (Å²) in [6.45, 7) is 2.61. The van der Waals surface area contributed by atoms with E-state index in [1.54, 1.807) is 24.3 Å². The van der Waals surface area contributed by atoms with Gasteiger partial charge in [-0.2, -0.15) is 0 Å². The molecule has 0 aromatic heterocycles. The molecule has 9 heteroatoms. The summed E-state index contributed by atoms with van der Waals surface area (Å²) >= 11 is 0. The first kappa shape index (κ1) is 24.5. The van der Waals surface area contributed by atoms with Gasteiger partial charge in [-0.05, 0) is 32.1 Å². The van der Waals surface area contributed by atoms with E-state index in [4.69, 9.17) is 23.7 Å². The molecule has 0 saturated heterocycles. The molecule has 0 bridgehead atoms. The van der Waals surface area contributed by atoms with Crippen LogP contribution in [0.4, 0.5) is 5.69 Å². The Morgan fingerprint density at radius 2 is 1.47 bits per heavy atom. The monoisotopic (exact) mass is 445 g/mol. The molecule has 0 aliphatic heterocycles. The zero-order valence-corrected chi connectivity index (χ0v) is 18.8. The summed E-state index contributed by atoms with van der Waals surface area (Å²) in [6, 6.07) is 7.88.